The Bertz CT molecular complexity index is 351. The minimum atomic E-state index is 0.564. The predicted octanol–water partition coefficient (Wildman–Crippen LogP) is 3.49. The average molecular weight is 222 g/mol. The second kappa shape index (κ2) is 6.32. The first-order valence-corrected chi connectivity index (χ1v) is 5.80. The molecule has 0 spiro atoms. The van der Waals surface area contributed by atoms with Gasteiger partial charge in [0.1, 0.15) is 0 Å². The number of nitrogens with zero attached hydrogens (tertiary/aromatic N) is 4. The van der Waals surface area contributed by atoms with Crippen LogP contribution in [0.15, 0.2) is 22.3 Å². The van der Waals surface area contributed by atoms with Crippen molar-refractivity contribution in [2.75, 3.05) is 12.3 Å². The first-order valence-electron chi connectivity index (χ1n) is 4.81. The lowest BCUT2D eigenvalue weighted by Gasteiger charge is -2.02. The summed E-state index contributed by atoms with van der Waals surface area (Å²) in [6, 6.07) is 4.13. The first kappa shape index (κ1) is 11.9. The van der Waals surface area contributed by atoms with Gasteiger partial charge < -0.3 is 0 Å². The van der Waals surface area contributed by atoms with Gasteiger partial charge in [0.15, 0.2) is 0 Å². The fraction of sp³-hybridized carbons (Fsp3) is 0.500. The number of azide groups is 1. The van der Waals surface area contributed by atoms with Crippen molar-refractivity contribution in [3.05, 3.63) is 33.8 Å². The predicted molar refractivity (Wildman–Crippen MR) is 63.1 cm³/mol. The fourth-order valence-electron chi connectivity index (χ4n) is 1.23. The Hall–Kier alpha value is -1.19. The van der Waals surface area contributed by atoms with Gasteiger partial charge in [-0.25, -0.2) is 4.98 Å². The molecule has 4 nitrogen and oxygen atoms in total. The van der Waals surface area contributed by atoms with E-state index in [-0.39, 0.29) is 0 Å². The molecule has 5 heteroatoms. The van der Waals surface area contributed by atoms with Crippen LogP contribution in [0.1, 0.15) is 17.7 Å². The molecule has 80 valence electrons. The number of hydrogen-bond acceptors (Lipinski definition) is 3. The molecule has 0 saturated carbocycles. The molecular weight excluding hydrogens is 208 g/mol. The first-order chi connectivity index (χ1) is 7.22. The quantitative estimate of drug-likeness (QED) is 0.252. The standard InChI is InChI=1S/C10H14N4S/c1-8-6-9(2)13-10(7-8)15-5-3-4-12-14-11/h6-7H,3-5H2,1-2H3. The Kier molecular flexibility index (Phi) is 5.01. The number of aromatic nitrogens is 1. The van der Waals surface area contributed by atoms with Crippen LogP contribution >= 0.6 is 11.8 Å². The second-order valence-corrected chi connectivity index (χ2v) is 4.40. The monoisotopic (exact) mass is 222 g/mol. The topological polar surface area (TPSA) is 61.7 Å². The van der Waals surface area contributed by atoms with Gasteiger partial charge >= 0.3 is 0 Å². The highest BCUT2D eigenvalue weighted by atomic mass is 32.2. The molecule has 1 rings (SSSR count). The Morgan fingerprint density at radius 2 is 2.27 bits per heavy atom. The van der Waals surface area contributed by atoms with Crippen molar-refractivity contribution in [1.29, 1.82) is 0 Å². The molecule has 0 N–H and O–H groups in total. The highest BCUT2D eigenvalue weighted by Crippen LogP contribution is 2.18. The lowest BCUT2D eigenvalue weighted by molar-refractivity contribution is 0.928. The van der Waals surface area contributed by atoms with Crippen LogP contribution < -0.4 is 0 Å². The maximum atomic E-state index is 8.09. The fourth-order valence-corrected chi connectivity index (χ4v) is 2.20. The van der Waals surface area contributed by atoms with Crippen molar-refractivity contribution in [3.63, 3.8) is 0 Å². The number of thioether (sulfide) groups is 1. The van der Waals surface area contributed by atoms with Crippen molar-refractivity contribution >= 4 is 11.8 Å². The van der Waals surface area contributed by atoms with Gasteiger partial charge in [-0.05, 0) is 49.2 Å². The molecule has 0 radical (unpaired) electrons. The highest BCUT2D eigenvalue weighted by molar-refractivity contribution is 7.99. The third kappa shape index (κ3) is 4.72. The minimum absolute atomic E-state index is 0.564. The average Bonchev–Trinajstić information content (AvgIpc) is 2.16. The molecule has 0 aliphatic carbocycles. The molecule has 15 heavy (non-hydrogen) atoms. The summed E-state index contributed by atoms with van der Waals surface area (Å²) in [5, 5.41) is 4.53. The van der Waals surface area contributed by atoms with E-state index in [4.69, 9.17) is 5.53 Å². The molecular formula is C10H14N4S. The zero-order chi connectivity index (χ0) is 11.1. The van der Waals surface area contributed by atoms with Gasteiger partial charge in [0.25, 0.3) is 0 Å². The molecule has 0 amide bonds. The number of hydrogen-bond donors (Lipinski definition) is 0. The van der Waals surface area contributed by atoms with Crippen molar-refractivity contribution in [2.45, 2.75) is 25.3 Å². The molecule has 1 aromatic heterocycles. The maximum Gasteiger partial charge on any atom is 0.0965 e. The van der Waals surface area contributed by atoms with Gasteiger partial charge in [-0.1, -0.05) is 5.11 Å². The summed E-state index contributed by atoms with van der Waals surface area (Å²) in [5.41, 5.74) is 10.4. The summed E-state index contributed by atoms with van der Waals surface area (Å²) >= 11 is 1.70. The van der Waals surface area contributed by atoms with Crippen molar-refractivity contribution in [3.8, 4) is 0 Å². The van der Waals surface area contributed by atoms with Crippen LogP contribution in [0.4, 0.5) is 0 Å². The molecule has 0 aliphatic rings. The summed E-state index contributed by atoms with van der Waals surface area (Å²) in [4.78, 5) is 7.12. The molecule has 0 bridgehead atoms. The van der Waals surface area contributed by atoms with Crippen LogP contribution in [0.5, 0.6) is 0 Å². The van der Waals surface area contributed by atoms with E-state index < -0.39 is 0 Å². The normalized spacial score (nSPS) is 9.73. The summed E-state index contributed by atoms with van der Waals surface area (Å²) in [5.74, 6) is 0.939. The van der Waals surface area contributed by atoms with Crippen LogP contribution in [-0.4, -0.2) is 17.3 Å². The molecule has 1 aromatic rings. The van der Waals surface area contributed by atoms with E-state index >= 15 is 0 Å². The zero-order valence-corrected chi connectivity index (χ0v) is 9.79. The molecule has 0 unspecified atom stereocenters. The largest absolute Gasteiger partial charge is 0.247 e. The Morgan fingerprint density at radius 3 is 2.93 bits per heavy atom. The number of pyridine rings is 1. The van der Waals surface area contributed by atoms with E-state index in [1.807, 2.05) is 6.92 Å². The summed E-state index contributed by atoms with van der Waals surface area (Å²) in [7, 11) is 0. The van der Waals surface area contributed by atoms with Crippen LogP contribution in [0.3, 0.4) is 0 Å². The maximum absolute atomic E-state index is 8.09. The van der Waals surface area contributed by atoms with Crippen LogP contribution in [0.2, 0.25) is 0 Å². The lowest BCUT2D eigenvalue weighted by atomic mass is 10.3. The number of aryl methyl sites for hydroxylation is 2. The third-order valence-electron chi connectivity index (χ3n) is 1.79. The SMILES string of the molecule is Cc1cc(C)nc(SCCCN=[N+]=[N-])c1. The highest BCUT2D eigenvalue weighted by Gasteiger charge is 1.97. The van der Waals surface area contributed by atoms with E-state index in [1.54, 1.807) is 11.8 Å². The van der Waals surface area contributed by atoms with Gasteiger partial charge in [0.2, 0.25) is 0 Å². The number of rotatable bonds is 5. The summed E-state index contributed by atoms with van der Waals surface area (Å²) in [6.07, 6.45) is 0.892. The van der Waals surface area contributed by atoms with Crippen molar-refractivity contribution < 1.29 is 0 Å². The lowest BCUT2D eigenvalue weighted by Crippen LogP contribution is -1.89. The van der Waals surface area contributed by atoms with Crippen molar-refractivity contribution in [2.24, 2.45) is 5.11 Å². The Morgan fingerprint density at radius 1 is 1.47 bits per heavy atom. The van der Waals surface area contributed by atoms with Crippen molar-refractivity contribution in [1.82, 2.24) is 4.98 Å². The molecule has 0 saturated heterocycles. The van der Waals surface area contributed by atoms with E-state index in [0.717, 1.165) is 22.9 Å². The van der Waals surface area contributed by atoms with E-state index in [1.165, 1.54) is 5.56 Å². The molecule has 0 aromatic carbocycles. The van der Waals surface area contributed by atoms with Gasteiger partial charge in [-0.2, -0.15) is 0 Å². The zero-order valence-electron chi connectivity index (χ0n) is 8.97. The summed E-state index contributed by atoms with van der Waals surface area (Å²) in [6.45, 7) is 4.63. The molecule has 1 heterocycles. The molecule has 0 aliphatic heterocycles. The Balaban J connectivity index is 2.40. The van der Waals surface area contributed by atoms with Gasteiger partial charge in [0, 0.05) is 17.2 Å². The molecule has 0 fully saturated rings. The van der Waals surface area contributed by atoms with Gasteiger partial charge in [0.05, 0.1) is 5.03 Å². The van der Waals surface area contributed by atoms with E-state index in [9.17, 15) is 0 Å². The minimum Gasteiger partial charge on any atom is -0.247 e. The van der Waals surface area contributed by atoms with E-state index in [0.29, 0.717) is 6.54 Å². The second-order valence-electron chi connectivity index (χ2n) is 3.28. The smallest absolute Gasteiger partial charge is 0.0965 e. The van der Waals surface area contributed by atoms with Crippen LogP contribution in [-0.2, 0) is 0 Å². The Labute approximate surface area is 93.7 Å². The third-order valence-corrected chi connectivity index (χ3v) is 2.79. The van der Waals surface area contributed by atoms with E-state index in [2.05, 4.69) is 34.1 Å². The van der Waals surface area contributed by atoms with Crippen LogP contribution in [0.25, 0.3) is 10.4 Å². The van der Waals surface area contributed by atoms with Gasteiger partial charge in [-0.15, -0.1) is 11.8 Å². The summed E-state index contributed by atoms with van der Waals surface area (Å²) < 4.78 is 0. The molecule has 0 atom stereocenters. The van der Waals surface area contributed by atoms with Crippen LogP contribution in [0, 0.1) is 13.8 Å². The van der Waals surface area contributed by atoms with Gasteiger partial charge in [-0.3, -0.25) is 0 Å².